The van der Waals surface area contributed by atoms with Crippen molar-refractivity contribution in [2.24, 2.45) is 56.7 Å². The summed E-state index contributed by atoms with van der Waals surface area (Å²) in [5.74, 6) is 3.23. The number of allylic oxidation sites excluding steroid dienone is 1. The molecular formula is C32H50O3. The number of ketones is 1. The zero-order valence-electron chi connectivity index (χ0n) is 23.6. The van der Waals surface area contributed by atoms with Crippen LogP contribution in [0.2, 0.25) is 0 Å². The average Bonchev–Trinajstić information content (AvgIpc) is 3.14. The van der Waals surface area contributed by atoms with Crippen molar-refractivity contribution < 1.29 is 14.3 Å². The molecule has 5 aliphatic carbocycles. The minimum atomic E-state index is -0.542. The Bertz CT molecular complexity index is 937. The molecule has 3 nitrogen and oxygen atoms in total. The molecule has 0 aromatic rings. The van der Waals surface area contributed by atoms with Crippen molar-refractivity contribution in [3.8, 4) is 0 Å². The van der Waals surface area contributed by atoms with Gasteiger partial charge in [-0.15, -0.1) is 0 Å². The van der Waals surface area contributed by atoms with Crippen LogP contribution in [0.3, 0.4) is 0 Å². The number of rotatable bonds is 3. The van der Waals surface area contributed by atoms with Crippen molar-refractivity contribution >= 4 is 11.8 Å². The van der Waals surface area contributed by atoms with E-state index in [1.807, 2.05) is 0 Å². The molecule has 0 aliphatic heterocycles. The first-order valence-corrected chi connectivity index (χ1v) is 14.5. The molecule has 196 valence electrons. The van der Waals surface area contributed by atoms with Crippen molar-refractivity contribution in [2.45, 2.75) is 113 Å². The molecule has 5 saturated carbocycles. The molecule has 0 N–H and O–H groups in total. The third-order valence-corrected chi connectivity index (χ3v) is 13.6. The van der Waals surface area contributed by atoms with Crippen molar-refractivity contribution in [3.05, 3.63) is 12.2 Å². The maximum absolute atomic E-state index is 13.3. The lowest BCUT2D eigenvalue weighted by molar-refractivity contribution is -0.236. The van der Waals surface area contributed by atoms with E-state index in [9.17, 15) is 9.59 Å². The fraction of sp³-hybridized carbons (Fsp3) is 0.875. The van der Waals surface area contributed by atoms with E-state index in [4.69, 9.17) is 4.74 Å². The summed E-state index contributed by atoms with van der Waals surface area (Å²) in [6.45, 7) is 21.0. The van der Waals surface area contributed by atoms with Crippen LogP contribution in [0.5, 0.6) is 0 Å². The van der Waals surface area contributed by atoms with Crippen LogP contribution < -0.4 is 0 Å². The molecule has 0 bridgehead atoms. The summed E-state index contributed by atoms with van der Waals surface area (Å²) in [4.78, 5) is 25.0. The fourth-order valence-corrected chi connectivity index (χ4v) is 11.5. The first-order valence-electron chi connectivity index (χ1n) is 14.5. The third kappa shape index (κ3) is 3.27. The molecule has 5 rings (SSSR count). The largest absolute Gasteiger partial charge is 0.465 e. The quantitative estimate of drug-likeness (QED) is 0.305. The van der Waals surface area contributed by atoms with E-state index in [0.29, 0.717) is 46.2 Å². The second-order valence-corrected chi connectivity index (χ2v) is 15.0. The second-order valence-electron chi connectivity index (χ2n) is 15.0. The minimum Gasteiger partial charge on any atom is -0.465 e. The van der Waals surface area contributed by atoms with Crippen LogP contribution in [-0.4, -0.2) is 18.4 Å². The Kier molecular flexibility index (Phi) is 5.79. The van der Waals surface area contributed by atoms with Crippen molar-refractivity contribution in [1.29, 1.82) is 0 Å². The highest BCUT2D eigenvalue weighted by atomic mass is 16.5. The van der Waals surface area contributed by atoms with Gasteiger partial charge in [-0.1, -0.05) is 39.8 Å². The van der Waals surface area contributed by atoms with Crippen molar-refractivity contribution in [2.75, 3.05) is 6.61 Å². The number of hydrogen-bond donors (Lipinski definition) is 0. The molecule has 0 radical (unpaired) electrons. The Hall–Kier alpha value is -1.12. The second kappa shape index (κ2) is 7.94. The van der Waals surface area contributed by atoms with Gasteiger partial charge in [0.2, 0.25) is 0 Å². The highest BCUT2D eigenvalue weighted by molar-refractivity contribution is 5.86. The lowest BCUT2D eigenvalue weighted by Gasteiger charge is -2.72. The van der Waals surface area contributed by atoms with Crippen molar-refractivity contribution in [3.63, 3.8) is 0 Å². The number of ether oxygens (including phenoxy) is 1. The van der Waals surface area contributed by atoms with Crippen LogP contribution >= 0.6 is 0 Å². The number of esters is 1. The monoisotopic (exact) mass is 482 g/mol. The van der Waals surface area contributed by atoms with Crippen molar-refractivity contribution in [1.82, 2.24) is 0 Å². The van der Waals surface area contributed by atoms with E-state index in [1.165, 1.54) is 57.4 Å². The Morgan fingerprint density at radius 1 is 0.886 bits per heavy atom. The van der Waals surface area contributed by atoms with Crippen LogP contribution in [-0.2, 0) is 14.3 Å². The number of Topliss-reactive ketones (excluding diaryl/α,β-unsaturated/α-hetero) is 1. The molecule has 0 heterocycles. The number of carbonyl (C=O) groups is 2. The first-order chi connectivity index (χ1) is 16.2. The van der Waals surface area contributed by atoms with Gasteiger partial charge >= 0.3 is 5.97 Å². The van der Waals surface area contributed by atoms with E-state index in [-0.39, 0.29) is 18.0 Å². The van der Waals surface area contributed by atoms with Gasteiger partial charge < -0.3 is 4.74 Å². The molecule has 0 spiro atoms. The molecule has 35 heavy (non-hydrogen) atoms. The smallest absolute Gasteiger partial charge is 0.302 e. The van der Waals surface area contributed by atoms with Crippen LogP contribution in [0, 0.1) is 56.7 Å². The SMILES string of the molecule is C=C(C)C1CC[C@]2(C)CC[C@]3(C)C(CCC4[C@@]5(C)CCC(=O)[C@@](C)(COC(C)=O)C5CC[C@]43C)C12. The normalized spacial score (nSPS) is 53.1. The number of fused-ring (bicyclic) bond motifs is 7. The summed E-state index contributed by atoms with van der Waals surface area (Å²) < 4.78 is 5.54. The fourth-order valence-electron chi connectivity index (χ4n) is 11.5. The van der Waals surface area contributed by atoms with Crippen LogP contribution in [0.25, 0.3) is 0 Å². The van der Waals surface area contributed by atoms with Gasteiger partial charge in [0.1, 0.15) is 12.4 Å². The van der Waals surface area contributed by atoms with Gasteiger partial charge in [-0.3, -0.25) is 9.59 Å². The van der Waals surface area contributed by atoms with Crippen LogP contribution in [0.4, 0.5) is 0 Å². The van der Waals surface area contributed by atoms with Gasteiger partial charge in [0.25, 0.3) is 0 Å². The van der Waals surface area contributed by atoms with Gasteiger partial charge in [-0.2, -0.15) is 0 Å². The van der Waals surface area contributed by atoms with Gasteiger partial charge in [-0.25, -0.2) is 0 Å². The Morgan fingerprint density at radius 3 is 2.26 bits per heavy atom. The predicted molar refractivity (Wildman–Crippen MR) is 141 cm³/mol. The minimum absolute atomic E-state index is 0.133. The topological polar surface area (TPSA) is 43.4 Å². The Labute approximate surface area is 214 Å². The van der Waals surface area contributed by atoms with Gasteiger partial charge in [-0.05, 0) is 123 Å². The van der Waals surface area contributed by atoms with E-state index < -0.39 is 5.41 Å². The highest BCUT2D eigenvalue weighted by Crippen LogP contribution is 2.77. The molecule has 5 fully saturated rings. The number of hydrogen-bond acceptors (Lipinski definition) is 3. The highest BCUT2D eigenvalue weighted by Gasteiger charge is 2.70. The summed E-state index contributed by atoms with van der Waals surface area (Å²) in [7, 11) is 0. The van der Waals surface area contributed by atoms with Gasteiger partial charge in [0.15, 0.2) is 0 Å². The molecular weight excluding hydrogens is 432 g/mol. The van der Waals surface area contributed by atoms with E-state index in [0.717, 1.165) is 24.7 Å². The molecule has 0 aromatic heterocycles. The standard InChI is InChI=1S/C32H50O3/c1-20(2)22-11-14-28(4)17-18-31(7)23(27(22)28)9-10-25-29(5)15-13-26(34)30(6,19-35-21(3)33)24(29)12-16-32(25,31)8/h22-25,27H,1,9-19H2,2-8H3/t22?,23?,24?,25?,27?,28-,29+,30+,31-,32-/m1/s1. The van der Waals surface area contributed by atoms with E-state index >= 15 is 0 Å². The van der Waals surface area contributed by atoms with Crippen LogP contribution in [0.1, 0.15) is 113 Å². The van der Waals surface area contributed by atoms with E-state index in [1.54, 1.807) is 0 Å². The van der Waals surface area contributed by atoms with Crippen LogP contribution in [0.15, 0.2) is 12.2 Å². The molecule has 10 atom stereocenters. The maximum Gasteiger partial charge on any atom is 0.302 e. The predicted octanol–water partition coefficient (Wildman–Crippen LogP) is 7.78. The average molecular weight is 483 g/mol. The molecule has 5 unspecified atom stereocenters. The Balaban J connectivity index is 1.51. The Morgan fingerprint density at radius 2 is 1.60 bits per heavy atom. The maximum atomic E-state index is 13.3. The zero-order valence-corrected chi connectivity index (χ0v) is 23.6. The molecule has 0 saturated heterocycles. The number of carbonyl (C=O) groups excluding carboxylic acids is 2. The van der Waals surface area contributed by atoms with Gasteiger partial charge in [0, 0.05) is 13.3 Å². The molecule has 0 aromatic carbocycles. The zero-order chi connectivity index (χ0) is 25.6. The van der Waals surface area contributed by atoms with Gasteiger partial charge in [0.05, 0.1) is 5.41 Å². The summed E-state index contributed by atoms with van der Waals surface area (Å²) >= 11 is 0. The lowest BCUT2D eigenvalue weighted by atomic mass is 9.32. The summed E-state index contributed by atoms with van der Waals surface area (Å²) in [6.07, 6.45) is 12.0. The lowest BCUT2D eigenvalue weighted by Crippen LogP contribution is -2.66. The van der Waals surface area contributed by atoms with E-state index in [2.05, 4.69) is 48.1 Å². The summed E-state index contributed by atoms with van der Waals surface area (Å²) in [5.41, 5.74) is 2.14. The molecule has 3 heteroatoms. The molecule has 5 aliphatic rings. The third-order valence-electron chi connectivity index (χ3n) is 13.6. The molecule has 0 amide bonds. The first kappa shape index (κ1) is 25.5. The summed E-state index contributed by atoms with van der Waals surface area (Å²) in [5, 5.41) is 0. The summed E-state index contributed by atoms with van der Waals surface area (Å²) in [6, 6.07) is 0.